The lowest BCUT2D eigenvalue weighted by molar-refractivity contribution is 0.416. The lowest BCUT2D eigenvalue weighted by Crippen LogP contribution is -2.19. The Bertz CT molecular complexity index is 235. The summed E-state index contributed by atoms with van der Waals surface area (Å²) in [7, 11) is 1.03. The first-order valence-corrected chi connectivity index (χ1v) is 7.31. The monoisotopic (exact) mass is 198 g/mol. The van der Waals surface area contributed by atoms with Gasteiger partial charge >= 0.3 is 0 Å². The first-order chi connectivity index (χ1) is 5.92. The number of rotatable bonds is 2. The molecular formula is C9H14OSSi. The molecule has 0 spiro atoms. The lowest BCUT2D eigenvalue weighted by Gasteiger charge is -2.14. The van der Waals surface area contributed by atoms with Gasteiger partial charge in [-0.25, -0.2) is 0 Å². The Kier molecular flexibility index (Phi) is 2.63. The summed E-state index contributed by atoms with van der Waals surface area (Å²) in [5.74, 6) is 0. The second-order valence-corrected chi connectivity index (χ2v) is 7.24. The third kappa shape index (κ3) is 1.49. The zero-order chi connectivity index (χ0) is 8.39. The molecule has 2 heterocycles. The predicted octanol–water partition coefficient (Wildman–Crippen LogP) is 2.53. The molecular weight excluding hydrogens is 184 g/mol. The maximum atomic E-state index is 5.59. The molecule has 0 aromatic carbocycles. The quantitative estimate of drug-likeness (QED) is 0.664. The third-order valence-corrected chi connectivity index (χ3v) is 7.08. The molecule has 0 saturated carbocycles. The van der Waals surface area contributed by atoms with Crippen molar-refractivity contribution in [3.63, 3.8) is 0 Å². The number of hydrogen-bond donors (Lipinski definition) is 0. The van der Waals surface area contributed by atoms with E-state index in [0.29, 0.717) is 0 Å². The molecule has 1 saturated heterocycles. The van der Waals surface area contributed by atoms with Crippen molar-refractivity contribution in [2.45, 2.75) is 24.4 Å². The fourth-order valence-electron chi connectivity index (χ4n) is 2.04. The van der Waals surface area contributed by atoms with Gasteiger partial charge in [-0.05, 0) is 23.9 Å². The minimum absolute atomic E-state index is 0.815. The van der Waals surface area contributed by atoms with E-state index in [1.165, 1.54) is 18.9 Å². The van der Waals surface area contributed by atoms with E-state index in [1.54, 1.807) is 4.88 Å². The molecule has 0 N–H and O–H groups in total. The van der Waals surface area contributed by atoms with E-state index in [1.807, 2.05) is 18.4 Å². The Balaban J connectivity index is 2.13. The minimum Gasteiger partial charge on any atom is -0.423 e. The van der Waals surface area contributed by atoms with Crippen LogP contribution in [0.25, 0.3) is 0 Å². The summed E-state index contributed by atoms with van der Waals surface area (Å²) in [5, 5.41) is 2.18. The molecule has 1 aromatic rings. The first kappa shape index (κ1) is 8.47. The summed E-state index contributed by atoms with van der Waals surface area (Å²) in [4.78, 5) is 1.56. The maximum absolute atomic E-state index is 5.59. The molecule has 1 aromatic heterocycles. The van der Waals surface area contributed by atoms with E-state index in [0.717, 1.165) is 5.54 Å². The molecule has 2 unspecified atom stereocenters. The second kappa shape index (κ2) is 3.73. The summed E-state index contributed by atoms with van der Waals surface area (Å²) in [5.41, 5.74) is 0.815. The summed E-state index contributed by atoms with van der Waals surface area (Å²) in [6.07, 6.45) is 2.75. The Morgan fingerprint density at radius 2 is 2.58 bits per heavy atom. The van der Waals surface area contributed by atoms with Gasteiger partial charge < -0.3 is 4.43 Å². The van der Waals surface area contributed by atoms with Crippen LogP contribution in [0.5, 0.6) is 0 Å². The molecule has 66 valence electrons. The van der Waals surface area contributed by atoms with Crippen molar-refractivity contribution in [2.75, 3.05) is 7.11 Å². The van der Waals surface area contributed by atoms with Crippen LogP contribution in [-0.2, 0) is 4.43 Å². The van der Waals surface area contributed by atoms with Crippen molar-refractivity contribution in [1.29, 1.82) is 0 Å². The van der Waals surface area contributed by atoms with Gasteiger partial charge in [0.25, 0.3) is 0 Å². The van der Waals surface area contributed by atoms with Crippen molar-refractivity contribution in [3.05, 3.63) is 22.4 Å². The molecule has 3 heteroatoms. The molecule has 1 aliphatic heterocycles. The van der Waals surface area contributed by atoms with Crippen LogP contribution in [0.4, 0.5) is 0 Å². The largest absolute Gasteiger partial charge is 0.423 e. The van der Waals surface area contributed by atoms with E-state index in [-0.39, 0.29) is 0 Å². The number of thiophene rings is 1. The Morgan fingerprint density at radius 1 is 1.67 bits per heavy atom. The Morgan fingerprint density at radius 3 is 3.25 bits per heavy atom. The van der Waals surface area contributed by atoms with Crippen LogP contribution < -0.4 is 0 Å². The second-order valence-electron chi connectivity index (χ2n) is 3.33. The van der Waals surface area contributed by atoms with Crippen LogP contribution in [0.2, 0.25) is 6.04 Å². The van der Waals surface area contributed by atoms with E-state index >= 15 is 0 Å². The van der Waals surface area contributed by atoms with Gasteiger partial charge in [-0.15, -0.1) is 11.3 Å². The molecule has 2 rings (SSSR count). The van der Waals surface area contributed by atoms with Gasteiger partial charge in [-0.1, -0.05) is 12.5 Å². The van der Waals surface area contributed by atoms with Gasteiger partial charge in [-0.2, -0.15) is 0 Å². The summed E-state index contributed by atoms with van der Waals surface area (Å²) >= 11 is 1.89. The van der Waals surface area contributed by atoms with Crippen LogP contribution in [0.15, 0.2) is 17.5 Å². The SMILES string of the molecule is CO[SiH]1CCCC1c1cccs1. The Labute approximate surface area is 79.1 Å². The van der Waals surface area contributed by atoms with Crippen LogP contribution >= 0.6 is 11.3 Å². The molecule has 0 aliphatic carbocycles. The highest BCUT2D eigenvalue weighted by atomic mass is 32.1. The van der Waals surface area contributed by atoms with Crippen molar-refractivity contribution >= 4 is 20.4 Å². The molecule has 1 fully saturated rings. The van der Waals surface area contributed by atoms with Crippen LogP contribution in [0.1, 0.15) is 23.3 Å². The fourth-order valence-corrected chi connectivity index (χ4v) is 6.18. The maximum Gasteiger partial charge on any atom is 0.184 e. The smallest absolute Gasteiger partial charge is 0.184 e. The van der Waals surface area contributed by atoms with Crippen molar-refractivity contribution in [3.8, 4) is 0 Å². The average Bonchev–Trinajstić information content (AvgIpc) is 2.74. The predicted molar refractivity (Wildman–Crippen MR) is 55.3 cm³/mol. The van der Waals surface area contributed by atoms with Crippen LogP contribution in [0.3, 0.4) is 0 Å². The van der Waals surface area contributed by atoms with E-state index in [9.17, 15) is 0 Å². The molecule has 1 aliphatic rings. The topological polar surface area (TPSA) is 9.23 Å². The van der Waals surface area contributed by atoms with Gasteiger partial charge in [0.2, 0.25) is 0 Å². The molecule has 1 nitrogen and oxygen atoms in total. The highest BCUT2D eigenvalue weighted by Gasteiger charge is 2.30. The van der Waals surface area contributed by atoms with E-state index in [4.69, 9.17) is 4.43 Å². The fraction of sp³-hybridized carbons (Fsp3) is 0.556. The standard InChI is InChI=1S/C9H14OSSi/c1-10-12-7-3-5-9(12)8-4-2-6-11-8/h2,4,6,9,12H,3,5,7H2,1H3. The van der Waals surface area contributed by atoms with Crippen molar-refractivity contribution in [2.24, 2.45) is 0 Å². The van der Waals surface area contributed by atoms with Gasteiger partial charge in [-0.3, -0.25) is 0 Å². The van der Waals surface area contributed by atoms with Gasteiger partial charge in [0.1, 0.15) is 0 Å². The first-order valence-electron chi connectivity index (χ1n) is 4.48. The minimum atomic E-state index is -0.857. The van der Waals surface area contributed by atoms with E-state index < -0.39 is 9.04 Å². The average molecular weight is 198 g/mol. The molecule has 0 amide bonds. The zero-order valence-electron chi connectivity index (χ0n) is 7.32. The zero-order valence-corrected chi connectivity index (χ0v) is 9.30. The van der Waals surface area contributed by atoms with Crippen LogP contribution in [-0.4, -0.2) is 16.2 Å². The van der Waals surface area contributed by atoms with Crippen molar-refractivity contribution < 1.29 is 4.43 Å². The molecule has 12 heavy (non-hydrogen) atoms. The third-order valence-electron chi connectivity index (χ3n) is 2.66. The van der Waals surface area contributed by atoms with Gasteiger partial charge in [0, 0.05) is 17.5 Å². The lowest BCUT2D eigenvalue weighted by atomic mass is 10.2. The van der Waals surface area contributed by atoms with Gasteiger partial charge in [0.15, 0.2) is 9.04 Å². The summed E-state index contributed by atoms with van der Waals surface area (Å²) < 4.78 is 5.59. The molecule has 0 bridgehead atoms. The normalized spacial score (nSPS) is 29.4. The van der Waals surface area contributed by atoms with E-state index in [2.05, 4.69) is 17.5 Å². The number of hydrogen-bond acceptors (Lipinski definition) is 2. The molecule has 2 atom stereocenters. The van der Waals surface area contributed by atoms with Gasteiger partial charge in [0.05, 0.1) is 0 Å². The Hall–Kier alpha value is -0.123. The summed E-state index contributed by atoms with van der Waals surface area (Å²) in [6.45, 7) is 0. The molecule has 0 radical (unpaired) electrons. The summed E-state index contributed by atoms with van der Waals surface area (Å²) in [6, 6.07) is 5.79. The van der Waals surface area contributed by atoms with Crippen LogP contribution in [0, 0.1) is 0 Å². The van der Waals surface area contributed by atoms with Crippen molar-refractivity contribution in [1.82, 2.24) is 0 Å². The highest BCUT2D eigenvalue weighted by molar-refractivity contribution is 7.10. The highest BCUT2D eigenvalue weighted by Crippen LogP contribution is 2.36.